The van der Waals surface area contributed by atoms with Gasteiger partial charge in [0.05, 0.1) is 23.4 Å². The second kappa shape index (κ2) is 10.0. The van der Waals surface area contributed by atoms with Crippen molar-refractivity contribution in [3.05, 3.63) is 52.5 Å². The lowest BCUT2D eigenvalue weighted by Crippen LogP contribution is -2.34. The summed E-state index contributed by atoms with van der Waals surface area (Å²) in [6, 6.07) is 12.2. The van der Waals surface area contributed by atoms with Gasteiger partial charge in [0.15, 0.2) is 0 Å². The fraction of sp³-hybridized carbons (Fsp3) is 0.385. The van der Waals surface area contributed by atoms with Gasteiger partial charge in [-0.1, -0.05) is 47.8 Å². The number of hydrogen-bond acceptors (Lipinski definition) is 5. The van der Waals surface area contributed by atoms with Gasteiger partial charge in [-0.2, -0.15) is 0 Å². The van der Waals surface area contributed by atoms with Gasteiger partial charge in [0.1, 0.15) is 5.75 Å². The molecule has 3 amide bonds. The van der Waals surface area contributed by atoms with E-state index in [1.807, 2.05) is 24.3 Å². The molecule has 1 saturated carbocycles. The molecule has 3 fully saturated rings. The van der Waals surface area contributed by atoms with E-state index in [1.54, 1.807) is 30.0 Å². The van der Waals surface area contributed by atoms with Gasteiger partial charge in [0.2, 0.25) is 17.7 Å². The molecule has 2 aromatic carbocycles. The van der Waals surface area contributed by atoms with Crippen molar-refractivity contribution in [2.45, 2.75) is 35.8 Å². The number of alkyl halides is 2. The van der Waals surface area contributed by atoms with Crippen LogP contribution in [0.25, 0.3) is 0 Å². The molecule has 0 spiro atoms. The number of halogens is 3. The molecule has 2 heterocycles. The number of carbonyl (C=O) groups excluding carboxylic acids is 4. The Morgan fingerprint density at radius 1 is 0.944 bits per heavy atom. The van der Waals surface area contributed by atoms with Crippen molar-refractivity contribution >= 4 is 82.9 Å². The molecular formula is C26H23Br3N2O5. The van der Waals surface area contributed by atoms with Crippen LogP contribution >= 0.6 is 47.8 Å². The van der Waals surface area contributed by atoms with Crippen LogP contribution in [0.4, 0.5) is 11.4 Å². The van der Waals surface area contributed by atoms with Gasteiger partial charge < -0.3 is 9.64 Å². The smallest absolute Gasteiger partial charge is 0.316 e. The van der Waals surface area contributed by atoms with Crippen LogP contribution in [0.1, 0.15) is 24.8 Å². The van der Waals surface area contributed by atoms with Crippen LogP contribution in [0.5, 0.6) is 5.75 Å². The second-order valence-electron chi connectivity index (χ2n) is 9.48. The summed E-state index contributed by atoms with van der Waals surface area (Å²) in [6.45, 7) is 2.03. The first kappa shape index (κ1) is 25.6. The van der Waals surface area contributed by atoms with E-state index >= 15 is 0 Å². The van der Waals surface area contributed by atoms with Crippen molar-refractivity contribution in [1.29, 1.82) is 0 Å². The van der Waals surface area contributed by atoms with E-state index in [0.29, 0.717) is 29.8 Å². The minimum absolute atomic E-state index is 0.0780. The summed E-state index contributed by atoms with van der Waals surface area (Å²) in [7, 11) is 0. The first-order valence-corrected chi connectivity index (χ1v) is 14.3. The first-order chi connectivity index (χ1) is 17.1. The quantitative estimate of drug-likeness (QED) is 0.193. The van der Waals surface area contributed by atoms with E-state index in [2.05, 4.69) is 47.8 Å². The minimum Gasteiger partial charge on any atom is -0.426 e. The average Bonchev–Trinajstić information content (AvgIpc) is 3.33. The van der Waals surface area contributed by atoms with Crippen molar-refractivity contribution in [2.24, 2.45) is 17.8 Å². The predicted molar refractivity (Wildman–Crippen MR) is 146 cm³/mol. The third-order valence-electron chi connectivity index (χ3n) is 7.14. The lowest BCUT2D eigenvalue weighted by Gasteiger charge is -2.29. The maximum Gasteiger partial charge on any atom is 0.316 e. The number of carbonyl (C=O) groups is 4. The maximum absolute atomic E-state index is 13.1. The van der Waals surface area contributed by atoms with Crippen molar-refractivity contribution in [3.8, 4) is 5.75 Å². The normalized spacial score (nSPS) is 28.0. The molecular weight excluding hydrogens is 660 g/mol. The fourth-order valence-corrected chi connectivity index (χ4v) is 6.71. The molecule has 3 aliphatic rings. The number of aryl methyl sites for hydroxylation is 1. The van der Waals surface area contributed by atoms with Crippen LogP contribution < -0.4 is 14.5 Å². The van der Waals surface area contributed by atoms with Crippen LogP contribution in [0.3, 0.4) is 0 Å². The third kappa shape index (κ3) is 4.67. The summed E-state index contributed by atoms with van der Waals surface area (Å²) in [5.41, 5.74) is 1.90. The lowest BCUT2D eigenvalue weighted by molar-refractivity contribution is -0.139. The molecule has 0 unspecified atom stereocenters. The van der Waals surface area contributed by atoms with Gasteiger partial charge in [-0.05, 0) is 67.8 Å². The zero-order chi connectivity index (χ0) is 25.7. The molecule has 7 nitrogen and oxygen atoms in total. The number of amides is 3. The Labute approximate surface area is 233 Å². The molecule has 188 valence electrons. The van der Waals surface area contributed by atoms with Gasteiger partial charge in [-0.25, -0.2) is 4.90 Å². The highest BCUT2D eigenvalue weighted by Crippen LogP contribution is 2.45. The van der Waals surface area contributed by atoms with Gasteiger partial charge in [0, 0.05) is 32.8 Å². The number of rotatable bonds is 4. The molecule has 2 aliphatic heterocycles. The molecule has 36 heavy (non-hydrogen) atoms. The average molecular weight is 683 g/mol. The Morgan fingerprint density at radius 2 is 1.56 bits per heavy atom. The number of imide groups is 1. The van der Waals surface area contributed by atoms with E-state index in [1.165, 1.54) is 4.90 Å². The number of fused-ring (bicyclic) bond motifs is 1. The Morgan fingerprint density at radius 3 is 2.14 bits per heavy atom. The number of benzene rings is 2. The summed E-state index contributed by atoms with van der Waals surface area (Å²) in [5.74, 6) is -1.91. The molecule has 0 N–H and O–H groups in total. The zero-order valence-electron chi connectivity index (χ0n) is 19.3. The second-order valence-corrected chi connectivity index (χ2v) is 12.7. The fourth-order valence-electron chi connectivity index (χ4n) is 5.21. The van der Waals surface area contributed by atoms with Gasteiger partial charge in [-0.15, -0.1) is 0 Å². The molecule has 5 atom stereocenters. The van der Waals surface area contributed by atoms with Crippen molar-refractivity contribution in [3.63, 3.8) is 0 Å². The van der Waals surface area contributed by atoms with Crippen LogP contribution in [0, 0.1) is 24.7 Å². The number of hydrogen-bond donors (Lipinski definition) is 0. The highest BCUT2D eigenvalue weighted by molar-refractivity contribution is 9.12. The predicted octanol–water partition coefficient (Wildman–Crippen LogP) is 5.14. The van der Waals surface area contributed by atoms with Crippen LogP contribution in [-0.2, 0) is 19.2 Å². The zero-order valence-corrected chi connectivity index (χ0v) is 24.1. The third-order valence-corrected chi connectivity index (χ3v) is 10.4. The summed E-state index contributed by atoms with van der Waals surface area (Å²) in [5, 5.41) is 0. The van der Waals surface area contributed by atoms with E-state index < -0.39 is 11.9 Å². The van der Waals surface area contributed by atoms with Crippen LogP contribution in [0.15, 0.2) is 46.9 Å². The van der Waals surface area contributed by atoms with E-state index in [9.17, 15) is 19.2 Å². The first-order valence-electron chi connectivity index (χ1n) is 11.7. The maximum atomic E-state index is 13.1. The standard InChI is InChI=1S/C26H23Br3N2O5/c1-13-8-17(36-26(35)14-9-23(32)30(12-14)16-4-2-15(27)3-5-16)6-7-22(13)31-24(33)18-10-20(28)21(29)11-19(18)25(31)34/h2-8,14,18-21H,9-12H2,1H3/t14-,18-,19-,20-,21+/m1/s1. The largest absolute Gasteiger partial charge is 0.426 e. The SMILES string of the molecule is Cc1cc(OC(=O)[C@@H]2CC(=O)N(c3ccc(Br)cc3)C2)ccc1N1C(=O)[C@@H]2C[C@@H](Br)[C@@H](Br)C[C@H]2C1=O. The Hall–Kier alpha value is -2.04. The number of esters is 1. The van der Waals surface area contributed by atoms with Gasteiger partial charge >= 0.3 is 5.97 Å². The highest BCUT2D eigenvalue weighted by Gasteiger charge is 2.52. The molecule has 0 aromatic heterocycles. The van der Waals surface area contributed by atoms with E-state index in [-0.39, 0.29) is 52.2 Å². The van der Waals surface area contributed by atoms with Crippen molar-refractivity contribution in [2.75, 3.05) is 16.3 Å². The molecule has 2 saturated heterocycles. The van der Waals surface area contributed by atoms with Crippen molar-refractivity contribution < 1.29 is 23.9 Å². The highest BCUT2D eigenvalue weighted by atomic mass is 79.9. The minimum atomic E-state index is -0.583. The summed E-state index contributed by atoms with van der Waals surface area (Å²) in [6.07, 6.45) is 1.29. The molecule has 0 radical (unpaired) electrons. The monoisotopic (exact) mass is 680 g/mol. The molecule has 2 aromatic rings. The molecule has 0 bridgehead atoms. The van der Waals surface area contributed by atoms with Crippen molar-refractivity contribution in [1.82, 2.24) is 0 Å². The Bertz CT molecular complexity index is 1220. The van der Waals surface area contributed by atoms with Gasteiger partial charge in [0.25, 0.3) is 0 Å². The topological polar surface area (TPSA) is 84.0 Å². The summed E-state index contributed by atoms with van der Waals surface area (Å²) < 4.78 is 6.50. The Balaban J connectivity index is 1.28. The Kier molecular flexibility index (Phi) is 7.13. The molecule has 1 aliphatic carbocycles. The number of nitrogens with zero attached hydrogens (tertiary/aromatic N) is 2. The van der Waals surface area contributed by atoms with Gasteiger partial charge in [-0.3, -0.25) is 19.2 Å². The van der Waals surface area contributed by atoms with E-state index in [4.69, 9.17) is 4.74 Å². The number of anilines is 2. The van der Waals surface area contributed by atoms with E-state index in [0.717, 1.165) is 10.2 Å². The molecule has 10 heteroatoms. The molecule has 5 rings (SSSR count). The summed E-state index contributed by atoms with van der Waals surface area (Å²) >= 11 is 10.6. The number of ether oxygens (including phenoxy) is 1. The summed E-state index contributed by atoms with van der Waals surface area (Å²) in [4.78, 5) is 54.8. The van der Waals surface area contributed by atoms with Crippen LogP contribution in [-0.4, -0.2) is 39.9 Å². The lowest BCUT2D eigenvalue weighted by atomic mass is 9.81. The van der Waals surface area contributed by atoms with Crippen LogP contribution in [0.2, 0.25) is 0 Å².